The van der Waals surface area contributed by atoms with E-state index in [-0.39, 0.29) is 18.6 Å². The van der Waals surface area contributed by atoms with Gasteiger partial charge < -0.3 is 14.7 Å². The van der Waals surface area contributed by atoms with E-state index in [1.54, 1.807) is 48.2 Å². The van der Waals surface area contributed by atoms with Crippen molar-refractivity contribution >= 4 is 16.9 Å². The van der Waals surface area contributed by atoms with Crippen molar-refractivity contribution in [2.45, 2.75) is 31.5 Å². The summed E-state index contributed by atoms with van der Waals surface area (Å²) >= 11 is 0. The Morgan fingerprint density at radius 3 is 2.68 bits per heavy atom. The molecule has 1 saturated carbocycles. The van der Waals surface area contributed by atoms with Gasteiger partial charge in [-0.2, -0.15) is 5.10 Å². The summed E-state index contributed by atoms with van der Waals surface area (Å²) in [5.41, 5.74) is 2.86. The van der Waals surface area contributed by atoms with Crippen LogP contribution < -0.4 is 0 Å². The highest BCUT2D eigenvalue weighted by atomic mass is 16.5. The van der Waals surface area contributed by atoms with Gasteiger partial charge in [0, 0.05) is 36.8 Å². The van der Waals surface area contributed by atoms with E-state index >= 15 is 0 Å². The molecule has 1 N–H and O–H groups in total. The van der Waals surface area contributed by atoms with Crippen LogP contribution in [0.1, 0.15) is 41.3 Å². The number of aromatic nitrogens is 3. The molecule has 3 aromatic rings. The molecule has 0 unspecified atom stereocenters. The lowest BCUT2D eigenvalue weighted by atomic mass is 9.96. The van der Waals surface area contributed by atoms with Crippen molar-refractivity contribution in [3.05, 3.63) is 53.9 Å². The molecule has 1 aromatic carbocycles. The van der Waals surface area contributed by atoms with Crippen molar-refractivity contribution in [3.63, 3.8) is 0 Å². The highest BCUT2D eigenvalue weighted by Crippen LogP contribution is 2.25. The number of benzene rings is 1. The first-order valence-corrected chi connectivity index (χ1v) is 9.48. The van der Waals surface area contributed by atoms with Crippen LogP contribution in [0.5, 0.6) is 0 Å². The summed E-state index contributed by atoms with van der Waals surface area (Å²) in [6, 6.07) is 9.15. The third kappa shape index (κ3) is 3.63. The minimum absolute atomic E-state index is 0.0438. The number of amides is 1. The topological polar surface area (TPSA) is 80.5 Å². The summed E-state index contributed by atoms with van der Waals surface area (Å²) < 4.78 is 7.42. The van der Waals surface area contributed by atoms with Crippen molar-refractivity contribution in [2.24, 2.45) is 0 Å². The maximum atomic E-state index is 12.0. The molecular weight excluding hydrogens is 356 g/mol. The molecule has 0 saturated heterocycles. The number of fused-ring (bicyclic) bond motifs is 1. The number of carbonyl (C=O) groups excluding carboxylic acids is 1. The fourth-order valence-electron chi connectivity index (χ4n) is 3.17. The van der Waals surface area contributed by atoms with Gasteiger partial charge in [0.15, 0.2) is 5.65 Å². The number of carbonyl (C=O) groups is 1. The zero-order valence-corrected chi connectivity index (χ0v) is 16.1. The van der Waals surface area contributed by atoms with Crippen molar-refractivity contribution in [2.75, 3.05) is 20.7 Å². The molecule has 0 spiro atoms. The molecule has 2 heterocycles. The van der Waals surface area contributed by atoms with Gasteiger partial charge in [-0.15, -0.1) is 0 Å². The molecule has 0 radical (unpaired) electrons. The van der Waals surface area contributed by atoms with E-state index in [2.05, 4.69) is 10.1 Å². The minimum Gasteiger partial charge on any atom is -0.386 e. The molecule has 1 fully saturated rings. The van der Waals surface area contributed by atoms with Crippen LogP contribution in [0.4, 0.5) is 0 Å². The third-order valence-corrected chi connectivity index (χ3v) is 5.12. The molecule has 7 heteroatoms. The molecule has 0 aliphatic heterocycles. The standard InChI is InChI=1S/C21H24N4O3/c1-24(2)21(27)14-6-8-17(9-7-14)25-20-16(12-23-25)10-15(11-22-20)19(26)13-28-18-4-3-5-18/h6-12,18-19,26H,3-5,13H2,1-2H3/t19-/m0/s1. The van der Waals surface area contributed by atoms with Crippen LogP contribution in [0.3, 0.4) is 0 Å². The molecule has 146 valence electrons. The molecule has 2 aromatic heterocycles. The Kier molecular flexibility index (Phi) is 5.11. The second-order valence-corrected chi connectivity index (χ2v) is 7.39. The Morgan fingerprint density at radius 2 is 2.04 bits per heavy atom. The molecular formula is C21H24N4O3. The summed E-state index contributed by atoms with van der Waals surface area (Å²) in [5.74, 6) is -0.0438. The number of rotatable bonds is 6. The predicted molar refractivity (Wildman–Crippen MR) is 105 cm³/mol. The van der Waals surface area contributed by atoms with Gasteiger partial charge in [0.25, 0.3) is 5.91 Å². The fourth-order valence-corrected chi connectivity index (χ4v) is 3.17. The number of aliphatic hydroxyl groups is 1. The molecule has 1 aliphatic carbocycles. The molecule has 4 rings (SSSR count). The third-order valence-electron chi connectivity index (χ3n) is 5.12. The van der Waals surface area contributed by atoms with Gasteiger partial charge in [0.2, 0.25) is 0 Å². The van der Waals surface area contributed by atoms with Crippen LogP contribution in [0.15, 0.2) is 42.7 Å². The number of hydrogen-bond acceptors (Lipinski definition) is 5. The average Bonchev–Trinajstić information content (AvgIpc) is 3.09. The van der Waals surface area contributed by atoms with E-state index in [1.165, 1.54) is 6.42 Å². The maximum Gasteiger partial charge on any atom is 0.253 e. The second-order valence-electron chi connectivity index (χ2n) is 7.39. The lowest BCUT2D eigenvalue weighted by Gasteiger charge is -2.26. The number of hydrogen-bond donors (Lipinski definition) is 1. The normalized spacial score (nSPS) is 15.4. The Bertz CT molecular complexity index is 977. The zero-order chi connectivity index (χ0) is 19.7. The van der Waals surface area contributed by atoms with E-state index in [0.29, 0.717) is 11.2 Å². The lowest BCUT2D eigenvalue weighted by molar-refractivity contribution is -0.0427. The monoisotopic (exact) mass is 380 g/mol. The number of nitrogens with zero attached hydrogens (tertiary/aromatic N) is 4. The molecule has 0 bridgehead atoms. The van der Waals surface area contributed by atoms with E-state index < -0.39 is 6.10 Å². The smallest absolute Gasteiger partial charge is 0.253 e. The Morgan fingerprint density at radius 1 is 1.29 bits per heavy atom. The van der Waals surface area contributed by atoms with Crippen molar-refractivity contribution in [1.82, 2.24) is 19.7 Å². The summed E-state index contributed by atoms with van der Waals surface area (Å²) in [6.45, 7) is 0.285. The van der Waals surface area contributed by atoms with Gasteiger partial charge in [-0.1, -0.05) is 0 Å². The fraction of sp³-hybridized carbons (Fsp3) is 0.381. The number of aliphatic hydroxyl groups excluding tert-OH is 1. The largest absolute Gasteiger partial charge is 0.386 e. The first kappa shape index (κ1) is 18.6. The average molecular weight is 380 g/mol. The van der Waals surface area contributed by atoms with Crippen LogP contribution in [-0.2, 0) is 4.74 Å². The Hall–Kier alpha value is -2.77. The predicted octanol–water partition coefficient (Wildman–Crippen LogP) is 2.72. The van der Waals surface area contributed by atoms with Crippen LogP contribution in [0.2, 0.25) is 0 Å². The van der Waals surface area contributed by atoms with Gasteiger partial charge in [-0.05, 0) is 49.6 Å². The summed E-state index contributed by atoms with van der Waals surface area (Å²) in [7, 11) is 3.45. The van der Waals surface area contributed by atoms with E-state index in [1.807, 2.05) is 18.2 Å². The highest BCUT2D eigenvalue weighted by Gasteiger charge is 2.20. The van der Waals surface area contributed by atoms with E-state index in [9.17, 15) is 9.90 Å². The van der Waals surface area contributed by atoms with Crippen molar-refractivity contribution in [1.29, 1.82) is 0 Å². The van der Waals surface area contributed by atoms with Crippen molar-refractivity contribution < 1.29 is 14.6 Å². The van der Waals surface area contributed by atoms with Gasteiger partial charge >= 0.3 is 0 Å². The van der Waals surface area contributed by atoms with Crippen LogP contribution >= 0.6 is 0 Å². The lowest BCUT2D eigenvalue weighted by Crippen LogP contribution is -2.24. The first-order valence-electron chi connectivity index (χ1n) is 9.48. The molecule has 1 amide bonds. The van der Waals surface area contributed by atoms with Crippen molar-refractivity contribution in [3.8, 4) is 5.69 Å². The van der Waals surface area contributed by atoms with Gasteiger partial charge in [0.05, 0.1) is 24.6 Å². The van der Waals surface area contributed by atoms with Gasteiger partial charge in [0.1, 0.15) is 6.10 Å². The Labute approximate surface area is 163 Å². The van der Waals surface area contributed by atoms with E-state index in [0.717, 1.165) is 29.5 Å². The van der Waals surface area contributed by atoms with Gasteiger partial charge in [-0.3, -0.25) is 4.79 Å². The SMILES string of the molecule is CN(C)C(=O)c1ccc(-n2ncc3cc([C@@H](O)COC4CCC4)cnc32)cc1. The summed E-state index contributed by atoms with van der Waals surface area (Å²) in [5, 5.41) is 15.6. The first-order chi connectivity index (χ1) is 13.5. The van der Waals surface area contributed by atoms with Gasteiger partial charge in [-0.25, -0.2) is 9.67 Å². The minimum atomic E-state index is -0.697. The Balaban J connectivity index is 1.53. The maximum absolute atomic E-state index is 12.0. The number of ether oxygens (including phenoxy) is 1. The summed E-state index contributed by atoms with van der Waals surface area (Å²) in [4.78, 5) is 18.1. The second kappa shape index (κ2) is 7.69. The zero-order valence-electron chi connectivity index (χ0n) is 16.1. The van der Waals surface area contributed by atoms with Crippen LogP contribution in [-0.4, -0.2) is 57.5 Å². The molecule has 1 atom stereocenters. The van der Waals surface area contributed by atoms with E-state index in [4.69, 9.17) is 4.74 Å². The number of pyridine rings is 1. The van der Waals surface area contributed by atoms with Crippen LogP contribution in [0, 0.1) is 0 Å². The molecule has 28 heavy (non-hydrogen) atoms. The molecule has 1 aliphatic rings. The molecule has 7 nitrogen and oxygen atoms in total. The highest BCUT2D eigenvalue weighted by molar-refractivity contribution is 5.94. The quantitative estimate of drug-likeness (QED) is 0.711. The van der Waals surface area contributed by atoms with Crippen LogP contribution in [0.25, 0.3) is 16.7 Å². The summed E-state index contributed by atoms with van der Waals surface area (Å²) in [6.07, 6.45) is 6.35.